The molecule has 0 spiro atoms. The van der Waals surface area contributed by atoms with E-state index < -0.39 is 0 Å². The molecule has 0 bridgehead atoms. The number of halogens is 1. The predicted octanol–water partition coefficient (Wildman–Crippen LogP) is 3.22. The highest BCUT2D eigenvalue weighted by atomic mass is 19.1. The van der Waals surface area contributed by atoms with Crippen molar-refractivity contribution in [2.45, 2.75) is 25.8 Å². The van der Waals surface area contributed by atoms with Gasteiger partial charge in [-0.3, -0.25) is 4.79 Å². The quantitative estimate of drug-likeness (QED) is 0.785. The maximum absolute atomic E-state index is 12.9. The Morgan fingerprint density at radius 3 is 2.73 bits per heavy atom. The van der Waals surface area contributed by atoms with Crippen LogP contribution in [0, 0.1) is 5.82 Å². The Hall–Kier alpha value is -2.99. The van der Waals surface area contributed by atoms with E-state index in [1.54, 1.807) is 18.5 Å². The molecule has 0 radical (unpaired) electrons. The molecule has 0 aliphatic carbocycles. The number of benzene rings is 2. The van der Waals surface area contributed by atoms with Crippen LogP contribution in [0.3, 0.4) is 0 Å². The largest absolute Gasteiger partial charge is 0.365 e. The van der Waals surface area contributed by atoms with Gasteiger partial charge in [-0.15, -0.1) is 0 Å². The Morgan fingerprint density at radius 2 is 1.96 bits per heavy atom. The Labute approximate surface area is 150 Å². The molecule has 0 saturated carbocycles. The van der Waals surface area contributed by atoms with Crippen LogP contribution in [-0.2, 0) is 24.4 Å². The normalized spacial score (nSPS) is 16.1. The fourth-order valence-electron chi connectivity index (χ4n) is 3.05. The second-order valence-corrected chi connectivity index (χ2v) is 6.21. The Kier molecular flexibility index (Phi) is 4.50. The van der Waals surface area contributed by atoms with E-state index in [0.717, 1.165) is 16.8 Å². The van der Waals surface area contributed by atoms with Crippen molar-refractivity contribution in [1.29, 1.82) is 0 Å². The SMILES string of the molecule is O=C(NCc1ccc(F)cc1)c1ncn2c1CO[C@@H](c1ccccc1)C2. The smallest absolute Gasteiger partial charge is 0.272 e. The molecular weight excluding hydrogens is 333 g/mol. The molecule has 1 N–H and O–H groups in total. The van der Waals surface area contributed by atoms with Crippen LogP contribution in [0.2, 0.25) is 0 Å². The second kappa shape index (κ2) is 7.09. The predicted molar refractivity (Wildman–Crippen MR) is 93.8 cm³/mol. The summed E-state index contributed by atoms with van der Waals surface area (Å²) in [5.74, 6) is -0.557. The van der Waals surface area contributed by atoms with E-state index in [4.69, 9.17) is 4.74 Å². The molecule has 3 aromatic rings. The fraction of sp³-hybridized carbons (Fsp3) is 0.200. The minimum absolute atomic E-state index is 0.0481. The maximum atomic E-state index is 12.9. The summed E-state index contributed by atoms with van der Waals surface area (Å²) in [7, 11) is 0. The van der Waals surface area contributed by atoms with Crippen molar-refractivity contribution >= 4 is 5.91 Å². The Balaban J connectivity index is 1.44. The first-order valence-corrected chi connectivity index (χ1v) is 8.44. The highest BCUT2D eigenvalue weighted by Crippen LogP contribution is 2.27. The number of fused-ring (bicyclic) bond motifs is 1. The molecule has 2 heterocycles. The summed E-state index contributed by atoms with van der Waals surface area (Å²) < 4.78 is 20.8. The molecule has 2 aromatic carbocycles. The minimum atomic E-state index is -0.298. The highest BCUT2D eigenvalue weighted by Gasteiger charge is 2.26. The summed E-state index contributed by atoms with van der Waals surface area (Å²) in [5, 5.41) is 2.82. The van der Waals surface area contributed by atoms with Gasteiger partial charge in [0.05, 0.1) is 25.2 Å². The van der Waals surface area contributed by atoms with Gasteiger partial charge in [0.1, 0.15) is 11.9 Å². The summed E-state index contributed by atoms with van der Waals surface area (Å²) in [6, 6.07) is 16.0. The van der Waals surface area contributed by atoms with Gasteiger partial charge in [-0.1, -0.05) is 42.5 Å². The van der Waals surface area contributed by atoms with E-state index in [0.29, 0.717) is 25.4 Å². The summed E-state index contributed by atoms with van der Waals surface area (Å²) in [4.78, 5) is 16.7. The van der Waals surface area contributed by atoms with Crippen molar-refractivity contribution in [3.8, 4) is 0 Å². The lowest BCUT2D eigenvalue weighted by Crippen LogP contribution is -2.27. The first-order chi connectivity index (χ1) is 12.7. The van der Waals surface area contributed by atoms with Gasteiger partial charge >= 0.3 is 0 Å². The molecule has 4 rings (SSSR count). The fourth-order valence-corrected chi connectivity index (χ4v) is 3.05. The molecule has 6 heteroatoms. The highest BCUT2D eigenvalue weighted by molar-refractivity contribution is 5.93. The topological polar surface area (TPSA) is 56.2 Å². The Morgan fingerprint density at radius 1 is 1.19 bits per heavy atom. The summed E-state index contributed by atoms with van der Waals surface area (Å²) >= 11 is 0. The summed E-state index contributed by atoms with van der Waals surface area (Å²) in [6.07, 6.45) is 1.63. The molecule has 1 aliphatic heterocycles. The molecule has 0 saturated heterocycles. The molecular formula is C20H18FN3O2. The first kappa shape index (κ1) is 16.5. The van der Waals surface area contributed by atoms with Crippen LogP contribution in [0.15, 0.2) is 60.9 Å². The van der Waals surface area contributed by atoms with Crippen molar-refractivity contribution in [2.24, 2.45) is 0 Å². The number of amides is 1. The average Bonchev–Trinajstić information content (AvgIpc) is 3.11. The van der Waals surface area contributed by atoms with Gasteiger partial charge < -0.3 is 14.6 Å². The maximum Gasteiger partial charge on any atom is 0.272 e. The van der Waals surface area contributed by atoms with E-state index in [9.17, 15) is 9.18 Å². The van der Waals surface area contributed by atoms with Crippen LogP contribution in [0.4, 0.5) is 4.39 Å². The number of hydrogen-bond donors (Lipinski definition) is 1. The third-order valence-electron chi connectivity index (χ3n) is 4.48. The number of aromatic nitrogens is 2. The van der Waals surface area contributed by atoms with Crippen LogP contribution in [-0.4, -0.2) is 15.5 Å². The molecule has 1 atom stereocenters. The van der Waals surface area contributed by atoms with E-state index >= 15 is 0 Å². The number of nitrogens with zero attached hydrogens (tertiary/aromatic N) is 2. The van der Waals surface area contributed by atoms with Gasteiger partial charge in [-0.05, 0) is 23.3 Å². The zero-order valence-electron chi connectivity index (χ0n) is 14.1. The molecule has 26 heavy (non-hydrogen) atoms. The van der Waals surface area contributed by atoms with Crippen molar-refractivity contribution in [3.63, 3.8) is 0 Å². The summed E-state index contributed by atoms with van der Waals surface area (Å²) in [5.41, 5.74) is 3.08. The van der Waals surface area contributed by atoms with Crippen molar-refractivity contribution in [3.05, 3.63) is 89.3 Å². The number of imidazole rings is 1. The molecule has 1 amide bonds. The van der Waals surface area contributed by atoms with Crippen LogP contribution < -0.4 is 5.32 Å². The molecule has 1 aliphatic rings. The third kappa shape index (κ3) is 3.36. The monoisotopic (exact) mass is 351 g/mol. The number of hydrogen-bond acceptors (Lipinski definition) is 3. The van der Waals surface area contributed by atoms with Crippen molar-refractivity contribution < 1.29 is 13.9 Å². The Bertz CT molecular complexity index is 907. The molecule has 0 unspecified atom stereocenters. The average molecular weight is 351 g/mol. The summed E-state index contributed by atoms with van der Waals surface area (Å²) in [6.45, 7) is 1.27. The third-order valence-corrected chi connectivity index (χ3v) is 4.48. The van der Waals surface area contributed by atoms with E-state index in [-0.39, 0.29) is 17.8 Å². The number of carbonyl (C=O) groups is 1. The van der Waals surface area contributed by atoms with Crippen LogP contribution >= 0.6 is 0 Å². The molecule has 132 valence electrons. The lowest BCUT2D eigenvalue weighted by atomic mass is 10.1. The second-order valence-electron chi connectivity index (χ2n) is 6.21. The zero-order valence-corrected chi connectivity index (χ0v) is 14.1. The lowest BCUT2D eigenvalue weighted by Gasteiger charge is -2.25. The van der Waals surface area contributed by atoms with E-state index in [1.165, 1.54) is 12.1 Å². The first-order valence-electron chi connectivity index (χ1n) is 8.44. The van der Waals surface area contributed by atoms with E-state index in [2.05, 4.69) is 10.3 Å². The van der Waals surface area contributed by atoms with Crippen LogP contribution in [0.1, 0.15) is 33.4 Å². The van der Waals surface area contributed by atoms with Gasteiger partial charge in [0.2, 0.25) is 0 Å². The lowest BCUT2D eigenvalue weighted by molar-refractivity contribution is 0.00257. The van der Waals surface area contributed by atoms with Gasteiger partial charge in [-0.25, -0.2) is 9.37 Å². The number of ether oxygens (including phenoxy) is 1. The number of nitrogens with one attached hydrogen (secondary N) is 1. The number of rotatable bonds is 4. The van der Waals surface area contributed by atoms with E-state index in [1.807, 2.05) is 34.9 Å². The van der Waals surface area contributed by atoms with Gasteiger partial charge in [-0.2, -0.15) is 0 Å². The minimum Gasteiger partial charge on any atom is -0.365 e. The van der Waals surface area contributed by atoms with Gasteiger partial charge in [0.15, 0.2) is 5.69 Å². The van der Waals surface area contributed by atoms with Crippen LogP contribution in [0.5, 0.6) is 0 Å². The molecule has 5 nitrogen and oxygen atoms in total. The number of carbonyl (C=O) groups excluding carboxylic acids is 1. The van der Waals surface area contributed by atoms with Gasteiger partial charge in [0.25, 0.3) is 5.91 Å². The van der Waals surface area contributed by atoms with Gasteiger partial charge in [0, 0.05) is 6.54 Å². The van der Waals surface area contributed by atoms with Crippen LogP contribution in [0.25, 0.3) is 0 Å². The van der Waals surface area contributed by atoms with Crippen molar-refractivity contribution in [2.75, 3.05) is 0 Å². The van der Waals surface area contributed by atoms with Crippen molar-refractivity contribution in [1.82, 2.24) is 14.9 Å². The molecule has 0 fully saturated rings. The standard InChI is InChI=1S/C20H18FN3O2/c21-16-8-6-14(7-9-16)10-22-20(25)19-17-12-26-18(11-24(17)13-23-19)15-4-2-1-3-5-15/h1-9,13,18H,10-12H2,(H,22,25)/t18-/m1/s1. The zero-order chi connectivity index (χ0) is 17.9. The molecule has 1 aromatic heterocycles.